The fourth-order valence-corrected chi connectivity index (χ4v) is 0.789. The molecule has 0 aliphatic carbocycles. The molecule has 0 amide bonds. The molecule has 0 heterocycles. The van der Waals surface area contributed by atoms with Gasteiger partial charge in [-0.15, -0.1) is 0 Å². The maximum Gasteiger partial charge on any atom is 0.433 e. The summed E-state index contributed by atoms with van der Waals surface area (Å²) in [7, 11) is 0. The van der Waals surface area contributed by atoms with Gasteiger partial charge in [0.25, 0.3) is 0 Å². The smallest absolute Gasteiger partial charge is 0.245 e. The van der Waals surface area contributed by atoms with Crippen LogP contribution in [0.2, 0.25) is 0 Å². The summed E-state index contributed by atoms with van der Waals surface area (Å²) >= 11 is 0.439. The summed E-state index contributed by atoms with van der Waals surface area (Å²) in [5, 5.41) is 0. The van der Waals surface area contributed by atoms with Gasteiger partial charge in [-0.2, -0.15) is 43.9 Å². The van der Waals surface area contributed by atoms with Crippen LogP contribution in [-0.4, -0.2) is 26.9 Å². The highest BCUT2D eigenvalue weighted by molar-refractivity contribution is 14.1. The summed E-state index contributed by atoms with van der Waals surface area (Å²) in [6, 6.07) is 0. The molecule has 0 aromatic heterocycles. The molecule has 0 aliphatic heterocycles. The van der Waals surface area contributed by atoms with Gasteiger partial charge in [0, 0.05) is 22.6 Å². The minimum Gasteiger partial charge on any atom is -0.245 e. The zero-order valence-corrected chi connectivity index (χ0v) is 11.2. The number of alkyl halides is 12. The second-order valence-electron chi connectivity index (χ2n) is 2.71. The van der Waals surface area contributed by atoms with Crippen molar-refractivity contribution in [3.63, 3.8) is 0 Å². The van der Waals surface area contributed by atoms with Crippen LogP contribution in [0.3, 0.4) is 0 Å². The SMILES string of the molecule is FC(F)(Br)C(F)(F)C(F)(F)OC(F)(F)C(F)(F)I. The topological polar surface area (TPSA) is 9.23 Å². The molecule has 0 aliphatic rings. The summed E-state index contributed by atoms with van der Waals surface area (Å²) in [5.74, 6) is -6.48. The molecular formula is C5BrF10IO. The van der Waals surface area contributed by atoms with E-state index in [4.69, 9.17) is 0 Å². The molecule has 1 nitrogen and oxygen atoms in total. The van der Waals surface area contributed by atoms with E-state index in [0.717, 1.165) is 15.9 Å². The summed E-state index contributed by atoms with van der Waals surface area (Å²) in [6.07, 6.45) is -12.6. The van der Waals surface area contributed by atoms with Crippen molar-refractivity contribution in [1.82, 2.24) is 0 Å². The van der Waals surface area contributed by atoms with Gasteiger partial charge in [-0.05, 0) is 15.9 Å². The largest absolute Gasteiger partial charge is 0.433 e. The van der Waals surface area contributed by atoms with Gasteiger partial charge in [-0.3, -0.25) is 0 Å². The van der Waals surface area contributed by atoms with Crippen LogP contribution in [0.25, 0.3) is 0 Å². The summed E-state index contributed by atoms with van der Waals surface area (Å²) in [6.45, 7) is 0. The minimum absolute atomic E-state index is 0.377. The molecule has 0 fully saturated rings. The van der Waals surface area contributed by atoms with E-state index >= 15 is 0 Å². The zero-order valence-electron chi connectivity index (χ0n) is 7.44. The maximum absolute atomic E-state index is 12.4. The van der Waals surface area contributed by atoms with E-state index in [-0.39, 0.29) is 22.6 Å². The van der Waals surface area contributed by atoms with E-state index in [1.165, 1.54) is 0 Å². The number of hydrogen-bond acceptors (Lipinski definition) is 1. The fourth-order valence-electron chi connectivity index (χ4n) is 0.448. The van der Waals surface area contributed by atoms with E-state index in [2.05, 4.69) is 0 Å². The van der Waals surface area contributed by atoms with Gasteiger partial charge in [0.1, 0.15) is 0 Å². The van der Waals surface area contributed by atoms with Crippen molar-refractivity contribution in [3.05, 3.63) is 0 Å². The Morgan fingerprint density at radius 1 is 0.722 bits per heavy atom. The Morgan fingerprint density at radius 3 is 1.28 bits per heavy atom. The Hall–Kier alpha value is 0.470. The van der Waals surface area contributed by atoms with E-state index < -0.39 is 26.9 Å². The molecule has 13 heteroatoms. The van der Waals surface area contributed by atoms with Crippen LogP contribution < -0.4 is 0 Å². The van der Waals surface area contributed by atoms with Crippen molar-refractivity contribution < 1.29 is 48.6 Å². The molecule has 110 valence electrons. The predicted octanol–water partition coefficient (Wildman–Crippen LogP) is 4.84. The standard InChI is InChI=1S/C5BrF10IO/c6-2(9,10)1(7,8)4(13,14)18-5(15,16)3(11,12)17. The lowest BCUT2D eigenvalue weighted by atomic mass is 10.3. The lowest BCUT2D eigenvalue weighted by Crippen LogP contribution is -2.57. The molecule has 18 heavy (non-hydrogen) atoms. The van der Waals surface area contributed by atoms with E-state index in [9.17, 15) is 43.9 Å². The highest BCUT2D eigenvalue weighted by Gasteiger charge is 2.76. The van der Waals surface area contributed by atoms with Crippen molar-refractivity contribution in [2.75, 3.05) is 0 Å². The maximum atomic E-state index is 12.4. The first-order valence-corrected chi connectivity index (χ1v) is 5.30. The van der Waals surface area contributed by atoms with Gasteiger partial charge < -0.3 is 0 Å². The molecule has 0 bridgehead atoms. The molecule has 0 spiro atoms. The third-order valence-electron chi connectivity index (χ3n) is 1.31. The molecule has 0 radical (unpaired) electrons. The van der Waals surface area contributed by atoms with Crippen LogP contribution >= 0.6 is 38.5 Å². The van der Waals surface area contributed by atoms with Crippen molar-refractivity contribution in [2.45, 2.75) is 26.9 Å². The Bertz CT molecular complexity index is 306. The summed E-state index contributed by atoms with van der Waals surface area (Å²) in [5.41, 5.74) is 0. The second-order valence-corrected chi connectivity index (χ2v) is 5.06. The summed E-state index contributed by atoms with van der Waals surface area (Å²) in [4.78, 5) is -5.65. The average Bonchev–Trinajstić information content (AvgIpc) is 1.96. The van der Waals surface area contributed by atoms with E-state index in [1.807, 2.05) is 4.74 Å². The highest BCUT2D eigenvalue weighted by Crippen LogP contribution is 2.53. The van der Waals surface area contributed by atoms with Crippen LogP contribution in [0.15, 0.2) is 0 Å². The number of hydrogen-bond donors (Lipinski definition) is 0. The number of rotatable bonds is 5. The summed E-state index contributed by atoms with van der Waals surface area (Å²) < 4.78 is 119. The van der Waals surface area contributed by atoms with Crippen molar-refractivity contribution in [3.8, 4) is 0 Å². The third kappa shape index (κ3) is 3.52. The molecule has 0 rings (SSSR count). The Balaban J connectivity index is 5.33. The normalized spacial score (nSPS) is 16.0. The van der Waals surface area contributed by atoms with E-state index in [1.54, 1.807) is 0 Å². The third-order valence-corrected chi connectivity index (χ3v) is 2.43. The zero-order chi connectivity index (χ0) is 15.2. The molecule has 0 N–H and O–H groups in total. The predicted molar refractivity (Wildman–Crippen MR) is 48.8 cm³/mol. The van der Waals surface area contributed by atoms with Gasteiger partial charge in [-0.25, -0.2) is 4.74 Å². The van der Waals surface area contributed by atoms with Crippen LogP contribution in [-0.2, 0) is 4.74 Å². The quantitative estimate of drug-likeness (QED) is 0.316. The van der Waals surface area contributed by atoms with Crippen LogP contribution in [0.1, 0.15) is 0 Å². The van der Waals surface area contributed by atoms with Crippen LogP contribution in [0.4, 0.5) is 43.9 Å². The van der Waals surface area contributed by atoms with Gasteiger partial charge in [0.05, 0.1) is 0 Å². The first-order valence-electron chi connectivity index (χ1n) is 3.43. The first kappa shape index (κ1) is 18.5. The monoisotopic (exact) mass is 472 g/mol. The Labute approximate surface area is 114 Å². The number of halogens is 12. The van der Waals surface area contributed by atoms with Crippen LogP contribution in [0, 0.1) is 0 Å². The van der Waals surface area contributed by atoms with Crippen molar-refractivity contribution in [1.29, 1.82) is 0 Å². The van der Waals surface area contributed by atoms with Crippen molar-refractivity contribution >= 4 is 38.5 Å². The molecule has 0 aromatic rings. The van der Waals surface area contributed by atoms with Gasteiger partial charge in [0.15, 0.2) is 0 Å². The Kier molecular flexibility index (Phi) is 4.91. The number of ether oxygens (including phenoxy) is 1. The Morgan fingerprint density at radius 2 is 1.06 bits per heavy atom. The second kappa shape index (κ2) is 4.79. The van der Waals surface area contributed by atoms with Crippen LogP contribution in [0.5, 0.6) is 0 Å². The lowest BCUT2D eigenvalue weighted by molar-refractivity contribution is -0.465. The molecule has 0 unspecified atom stereocenters. The van der Waals surface area contributed by atoms with E-state index in [0.29, 0.717) is 0 Å². The van der Waals surface area contributed by atoms with Gasteiger partial charge >= 0.3 is 26.9 Å². The first-order chi connectivity index (χ1) is 7.46. The molecular weight excluding hydrogens is 473 g/mol. The molecule has 0 atom stereocenters. The van der Waals surface area contributed by atoms with Crippen molar-refractivity contribution in [2.24, 2.45) is 0 Å². The average molecular weight is 473 g/mol. The molecule has 0 aromatic carbocycles. The minimum atomic E-state index is -6.54. The van der Waals surface area contributed by atoms with Gasteiger partial charge in [-0.1, -0.05) is 0 Å². The lowest BCUT2D eigenvalue weighted by Gasteiger charge is -2.32. The highest BCUT2D eigenvalue weighted by atomic mass is 127. The van der Waals surface area contributed by atoms with Gasteiger partial charge in [0.2, 0.25) is 0 Å². The molecule has 0 saturated carbocycles. The fraction of sp³-hybridized carbons (Fsp3) is 1.00. The molecule has 0 saturated heterocycles.